The smallest absolute Gasteiger partial charge is 0.274 e. The summed E-state index contributed by atoms with van der Waals surface area (Å²) >= 11 is 0. The lowest BCUT2D eigenvalue weighted by atomic mass is 10.1. The predicted molar refractivity (Wildman–Crippen MR) is 79.4 cm³/mol. The zero-order valence-electron chi connectivity index (χ0n) is 13.0. The van der Waals surface area contributed by atoms with Gasteiger partial charge in [0.05, 0.1) is 19.3 Å². The van der Waals surface area contributed by atoms with E-state index in [0.29, 0.717) is 12.2 Å². The fourth-order valence-electron chi connectivity index (χ4n) is 2.25. The normalized spacial score (nSPS) is 10.5. The van der Waals surface area contributed by atoms with Crippen molar-refractivity contribution in [2.75, 3.05) is 14.2 Å². The highest BCUT2D eigenvalue weighted by molar-refractivity contribution is 5.92. The van der Waals surface area contributed by atoms with Gasteiger partial charge in [0.15, 0.2) is 0 Å². The topological polar surface area (TPSA) is 71.1 Å². The summed E-state index contributed by atoms with van der Waals surface area (Å²) in [5.74, 6) is 0.677. The minimum Gasteiger partial charge on any atom is -0.496 e. The number of hydrogen-bond donors (Lipinski definition) is 1. The number of ether oxygens (including phenoxy) is 1. The Labute approximate surface area is 124 Å². The van der Waals surface area contributed by atoms with E-state index in [2.05, 4.69) is 15.2 Å². The Morgan fingerprint density at radius 3 is 2.67 bits per heavy atom. The van der Waals surface area contributed by atoms with Crippen LogP contribution in [0.25, 0.3) is 0 Å². The SMILES string of the molecule is COc1c(C)cnc(CN(C)C(=O)c2cc(C)[nH]n2)c1C. The fourth-order valence-corrected chi connectivity index (χ4v) is 2.25. The molecule has 0 bridgehead atoms. The quantitative estimate of drug-likeness (QED) is 0.934. The van der Waals surface area contributed by atoms with E-state index in [0.717, 1.165) is 28.3 Å². The molecule has 0 fully saturated rings. The highest BCUT2D eigenvalue weighted by Gasteiger charge is 2.17. The first-order chi connectivity index (χ1) is 9.93. The summed E-state index contributed by atoms with van der Waals surface area (Å²) in [4.78, 5) is 18.3. The van der Waals surface area contributed by atoms with Gasteiger partial charge in [0.25, 0.3) is 5.91 Å². The second-order valence-electron chi connectivity index (χ2n) is 5.14. The van der Waals surface area contributed by atoms with Gasteiger partial charge in [-0.1, -0.05) is 0 Å². The highest BCUT2D eigenvalue weighted by atomic mass is 16.5. The van der Waals surface area contributed by atoms with E-state index in [9.17, 15) is 4.79 Å². The molecular weight excluding hydrogens is 268 g/mol. The second-order valence-corrected chi connectivity index (χ2v) is 5.14. The molecule has 0 aromatic carbocycles. The molecule has 0 radical (unpaired) electrons. The number of rotatable bonds is 4. The van der Waals surface area contributed by atoms with E-state index in [-0.39, 0.29) is 5.91 Å². The highest BCUT2D eigenvalue weighted by Crippen LogP contribution is 2.24. The van der Waals surface area contributed by atoms with Crippen LogP contribution in [0.3, 0.4) is 0 Å². The molecule has 6 nitrogen and oxygen atoms in total. The largest absolute Gasteiger partial charge is 0.496 e. The first kappa shape index (κ1) is 15.0. The van der Waals surface area contributed by atoms with E-state index in [1.165, 1.54) is 0 Å². The molecule has 0 aliphatic rings. The molecule has 2 heterocycles. The number of nitrogens with one attached hydrogen (secondary N) is 1. The van der Waals surface area contributed by atoms with Crippen LogP contribution in [0.2, 0.25) is 0 Å². The Morgan fingerprint density at radius 2 is 2.10 bits per heavy atom. The molecule has 1 N–H and O–H groups in total. The average Bonchev–Trinajstić information content (AvgIpc) is 2.88. The zero-order chi connectivity index (χ0) is 15.6. The van der Waals surface area contributed by atoms with E-state index in [1.54, 1.807) is 31.3 Å². The van der Waals surface area contributed by atoms with Crippen molar-refractivity contribution in [3.63, 3.8) is 0 Å². The zero-order valence-corrected chi connectivity index (χ0v) is 13.0. The number of nitrogens with zero attached hydrogens (tertiary/aromatic N) is 3. The third kappa shape index (κ3) is 3.04. The molecule has 0 saturated heterocycles. The first-order valence-corrected chi connectivity index (χ1v) is 6.70. The van der Waals surface area contributed by atoms with Crippen molar-refractivity contribution in [3.8, 4) is 5.75 Å². The minimum atomic E-state index is -0.139. The maximum atomic E-state index is 12.3. The van der Waals surface area contributed by atoms with Crippen LogP contribution in [0.1, 0.15) is 33.0 Å². The molecule has 1 amide bonds. The van der Waals surface area contributed by atoms with Crippen LogP contribution in [0, 0.1) is 20.8 Å². The number of hydrogen-bond acceptors (Lipinski definition) is 4. The summed E-state index contributed by atoms with van der Waals surface area (Å²) in [6, 6.07) is 1.73. The van der Waals surface area contributed by atoms with E-state index < -0.39 is 0 Å². The van der Waals surface area contributed by atoms with Crippen molar-refractivity contribution in [2.45, 2.75) is 27.3 Å². The van der Waals surface area contributed by atoms with Crippen molar-refractivity contribution < 1.29 is 9.53 Å². The van der Waals surface area contributed by atoms with Crippen molar-refractivity contribution in [1.82, 2.24) is 20.1 Å². The second kappa shape index (κ2) is 5.95. The molecule has 0 saturated carbocycles. The Hall–Kier alpha value is -2.37. The minimum absolute atomic E-state index is 0.139. The molecular formula is C15H20N4O2. The van der Waals surface area contributed by atoms with Crippen LogP contribution in [-0.4, -0.2) is 40.1 Å². The van der Waals surface area contributed by atoms with Gasteiger partial charge < -0.3 is 9.64 Å². The van der Waals surface area contributed by atoms with Gasteiger partial charge in [-0.3, -0.25) is 14.9 Å². The third-order valence-corrected chi connectivity index (χ3v) is 3.41. The monoisotopic (exact) mass is 288 g/mol. The van der Waals surface area contributed by atoms with Crippen molar-refractivity contribution in [3.05, 3.63) is 40.5 Å². The van der Waals surface area contributed by atoms with Crippen molar-refractivity contribution in [2.24, 2.45) is 0 Å². The van der Waals surface area contributed by atoms with Gasteiger partial charge in [0.1, 0.15) is 11.4 Å². The first-order valence-electron chi connectivity index (χ1n) is 6.70. The summed E-state index contributed by atoms with van der Waals surface area (Å²) in [6.45, 7) is 6.17. The maximum Gasteiger partial charge on any atom is 0.274 e. The maximum absolute atomic E-state index is 12.3. The number of carbonyl (C=O) groups is 1. The standard InChI is InChI=1S/C15H20N4O2/c1-9-7-16-13(11(3)14(9)21-5)8-19(4)15(20)12-6-10(2)17-18-12/h6-7H,8H2,1-5H3,(H,17,18). The van der Waals surface area contributed by atoms with Crippen LogP contribution >= 0.6 is 0 Å². The molecule has 0 atom stereocenters. The lowest BCUT2D eigenvalue weighted by molar-refractivity contribution is 0.0777. The summed E-state index contributed by atoms with van der Waals surface area (Å²) < 4.78 is 5.39. The third-order valence-electron chi connectivity index (χ3n) is 3.41. The van der Waals surface area contributed by atoms with Gasteiger partial charge in [-0.25, -0.2) is 0 Å². The van der Waals surface area contributed by atoms with Crippen LogP contribution in [0.15, 0.2) is 12.3 Å². The van der Waals surface area contributed by atoms with Crippen LogP contribution in [-0.2, 0) is 6.54 Å². The lowest BCUT2D eigenvalue weighted by Crippen LogP contribution is -2.27. The molecule has 21 heavy (non-hydrogen) atoms. The summed E-state index contributed by atoms with van der Waals surface area (Å²) in [7, 11) is 3.38. The van der Waals surface area contributed by atoms with Crippen LogP contribution < -0.4 is 4.74 Å². The number of aryl methyl sites for hydroxylation is 2. The van der Waals surface area contributed by atoms with Crippen LogP contribution in [0.4, 0.5) is 0 Å². The number of methoxy groups -OCH3 is 1. The molecule has 2 aromatic rings. The Bertz CT molecular complexity index is 664. The van der Waals surface area contributed by atoms with Gasteiger partial charge in [-0.05, 0) is 26.8 Å². The van der Waals surface area contributed by atoms with Gasteiger partial charge >= 0.3 is 0 Å². The molecule has 2 rings (SSSR count). The number of aromatic nitrogens is 3. The number of H-pyrrole nitrogens is 1. The predicted octanol–water partition coefficient (Wildman–Crippen LogP) is 2.01. The Morgan fingerprint density at radius 1 is 1.38 bits per heavy atom. The van der Waals surface area contributed by atoms with Crippen LogP contribution in [0.5, 0.6) is 5.75 Å². The molecule has 0 aliphatic heterocycles. The summed E-state index contributed by atoms with van der Waals surface area (Å²) in [6.07, 6.45) is 1.76. The molecule has 0 unspecified atom stereocenters. The Kier molecular flexibility index (Phi) is 4.26. The fraction of sp³-hybridized carbons (Fsp3) is 0.400. The number of aromatic amines is 1. The van der Waals surface area contributed by atoms with Crippen molar-refractivity contribution >= 4 is 5.91 Å². The Balaban J connectivity index is 2.20. The number of carbonyl (C=O) groups excluding carboxylic acids is 1. The molecule has 112 valence electrons. The summed E-state index contributed by atoms with van der Waals surface area (Å²) in [5.41, 5.74) is 4.02. The van der Waals surface area contributed by atoms with E-state index >= 15 is 0 Å². The van der Waals surface area contributed by atoms with E-state index in [1.807, 2.05) is 20.8 Å². The lowest BCUT2D eigenvalue weighted by Gasteiger charge is -2.18. The molecule has 0 aliphatic carbocycles. The van der Waals surface area contributed by atoms with E-state index in [4.69, 9.17) is 4.74 Å². The van der Waals surface area contributed by atoms with Crippen molar-refractivity contribution in [1.29, 1.82) is 0 Å². The van der Waals surface area contributed by atoms with Gasteiger partial charge in [-0.2, -0.15) is 5.10 Å². The summed E-state index contributed by atoms with van der Waals surface area (Å²) in [5, 5.41) is 6.76. The number of pyridine rings is 1. The molecule has 2 aromatic heterocycles. The van der Waals surface area contributed by atoms with Gasteiger partial charge in [0.2, 0.25) is 0 Å². The van der Waals surface area contributed by atoms with Gasteiger partial charge in [-0.15, -0.1) is 0 Å². The number of amides is 1. The molecule has 6 heteroatoms. The molecule has 0 spiro atoms. The average molecular weight is 288 g/mol. The van der Waals surface area contributed by atoms with Gasteiger partial charge in [0, 0.05) is 30.1 Å².